The highest BCUT2D eigenvalue weighted by molar-refractivity contribution is 5.94. The molecule has 1 aromatic heterocycles. The summed E-state index contributed by atoms with van der Waals surface area (Å²) in [4.78, 5) is 38.5. The van der Waals surface area contributed by atoms with Crippen molar-refractivity contribution < 1.29 is 19.1 Å². The number of carbonyl (C=O) groups excluding carboxylic acids is 2. The molecule has 4 aromatic rings. The van der Waals surface area contributed by atoms with E-state index in [0.717, 1.165) is 39.3 Å². The molecule has 2 heterocycles. The molecule has 210 valence electrons. The summed E-state index contributed by atoms with van der Waals surface area (Å²) in [5.41, 5.74) is 5.49. The second-order valence-electron chi connectivity index (χ2n) is 10.1. The summed E-state index contributed by atoms with van der Waals surface area (Å²) in [7, 11) is 3.41. The van der Waals surface area contributed by atoms with Crippen LogP contribution in [0.1, 0.15) is 33.5 Å². The molecule has 0 radical (unpaired) electrons. The van der Waals surface area contributed by atoms with Gasteiger partial charge in [0.25, 0.3) is 5.91 Å². The van der Waals surface area contributed by atoms with Crippen LogP contribution in [0, 0.1) is 0 Å². The second-order valence-corrected chi connectivity index (χ2v) is 10.1. The van der Waals surface area contributed by atoms with Crippen LogP contribution in [-0.4, -0.2) is 72.0 Å². The number of hydrogen-bond acceptors (Lipinski definition) is 6. The molecule has 0 spiro atoms. The number of carbonyl (C=O) groups is 2. The average molecular weight is 551 g/mol. The van der Waals surface area contributed by atoms with Crippen molar-refractivity contribution in [2.24, 2.45) is 0 Å². The first-order chi connectivity index (χ1) is 20.0. The van der Waals surface area contributed by atoms with Crippen LogP contribution in [0.3, 0.4) is 0 Å². The second kappa shape index (κ2) is 13.1. The number of aryl methyl sites for hydroxylation is 1. The maximum absolute atomic E-state index is 13.4. The summed E-state index contributed by atoms with van der Waals surface area (Å²) in [6, 6.07) is 21.5. The number of likely N-dealkylation sites (N-methyl/N-ethyl adjacent to an activating group) is 1. The fourth-order valence-corrected chi connectivity index (χ4v) is 5.05. The van der Waals surface area contributed by atoms with Crippen molar-refractivity contribution in [2.45, 2.75) is 19.3 Å². The fraction of sp³-hybridized carbons (Fsp3) is 0.273. The molecule has 0 fully saturated rings. The van der Waals surface area contributed by atoms with Gasteiger partial charge in [0.2, 0.25) is 5.91 Å². The summed E-state index contributed by atoms with van der Waals surface area (Å²) < 4.78 is 11.8. The summed E-state index contributed by atoms with van der Waals surface area (Å²) in [5.74, 6) is 1.46. The Hall–Kier alpha value is -4.72. The average Bonchev–Trinajstić information content (AvgIpc) is 3.01. The van der Waals surface area contributed by atoms with E-state index in [1.165, 1.54) is 6.33 Å². The van der Waals surface area contributed by atoms with Gasteiger partial charge in [-0.05, 0) is 59.0 Å². The van der Waals surface area contributed by atoms with E-state index in [2.05, 4.69) is 16.0 Å². The van der Waals surface area contributed by atoms with E-state index >= 15 is 0 Å². The number of rotatable bonds is 5. The van der Waals surface area contributed by atoms with Crippen LogP contribution in [-0.2, 0) is 17.6 Å². The number of amides is 2. The van der Waals surface area contributed by atoms with Crippen molar-refractivity contribution in [1.82, 2.24) is 19.8 Å². The van der Waals surface area contributed by atoms with Crippen molar-refractivity contribution in [3.05, 3.63) is 108 Å². The van der Waals surface area contributed by atoms with Gasteiger partial charge in [0.05, 0.1) is 13.7 Å². The summed E-state index contributed by atoms with van der Waals surface area (Å²) in [6.45, 7) is 1.57. The largest absolute Gasteiger partial charge is 0.496 e. The van der Waals surface area contributed by atoms with Crippen LogP contribution in [0.15, 0.2) is 85.5 Å². The number of methoxy groups -OCH3 is 1. The van der Waals surface area contributed by atoms with Gasteiger partial charge < -0.3 is 19.3 Å². The van der Waals surface area contributed by atoms with E-state index in [1.807, 2.05) is 60.7 Å². The van der Waals surface area contributed by atoms with Crippen LogP contribution >= 0.6 is 0 Å². The number of para-hydroxylation sites is 1. The van der Waals surface area contributed by atoms with Crippen molar-refractivity contribution >= 4 is 11.8 Å². The van der Waals surface area contributed by atoms with Gasteiger partial charge >= 0.3 is 0 Å². The molecular weight excluding hydrogens is 516 g/mol. The Kier molecular flexibility index (Phi) is 8.89. The topological polar surface area (TPSA) is 84.9 Å². The number of aromatic nitrogens is 2. The van der Waals surface area contributed by atoms with Gasteiger partial charge in [0.15, 0.2) is 0 Å². The first-order valence-corrected chi connectivity index (χ1v) is 13.8. The lowest BCUT2D eigenvalue weighted by Gasteiger charge is -2.27. The normalized spacial score (nSPS) is 14.0. The molecule has 3 aromatic carbocycles. The maximum atomic E-state index is 13.4. The van der Waals surface area contributed by atoms with Gasteiger partial charge in [-0.3, -0.25) is 9.59 Å². The summed E-state index contributed by atoms with van der Waals surface area (Å²) in [5, 5.41) is 0. The molecule has 0 atom stereocenters. The van der Waals surface area contributed by atoms with Crippen molar-refractivity contribution in [3.8, 4) is 22.6 Å². The highest BCUT2D eigenvalue weighted by Crippen LogP contribution is 2.29. The zero-order chi connectivity index (χ0) is 28.6. The van der Waals surface area contributed by atoms with Gasteiger partial charge in [-0.25, -0.2) is 9.97 Å². The number of nitrogens with zero attached hydrogens (tertiary/aromatic N) is 4. The van der Waals surface area contributed by atoms with Crippen LogP contribution in [0.4, 0.5) is 0 Å². The monoisotopic (exact) mass is 550 g/mol. The third kappa shape index (κ3) is 6.90. The van der Waals surface area contributed by atoms with Gasteiger partial charge in [-0.1, -0.05) is 36.4 Å². The van der Waals surface area contributed by atoms with E-state index in [-0.39, 0.29) is 11.8 Å². The molecule has 0 saturated carbocycles. The predicted octanol–water partition coefficient (Wildman–Crippen LogP) is 4.67. The third-order valence-electron chi connectivity index (χ3n) is 7.35. The van der Waals surface area contributed by atoms with E-state index in [1.54, 1.807) is 36.4 Å². The molecule has 1 aliphatic heterocycles. The Morgan fingerprint density at radius 1 is 0.927 bits per heavy atom. The molecule has 0 N–H and O–H groups in total. The molecule has 41 heavy (non-hydrogen) atoms. The Balaban J connectivity index is 1.40. The molecule has 0 aliphatic carbocycles. The molecule has 5 rings (SSSR count). The fourth-order valence-electron chi connectivity index (χ4n) is 5.05. The van der Waals surface area contributed by atoms with Gasteiger partial charge in [0.1, 0.15) is 24.4 Å². The van der Waals surface area contributed by atoms with Crippen LogP contribution in [0.2, 0.25) is 0 Å². The van der Waals surface area contributed by atoms with E-state index < -0.39 is 0 Å². The Morgan fingerprint density at radius 2 is 1.76 bits per heavy atom. The first-order valence-electron chi connectivity index (χ1n) is 13.8. The summed E-state index contributed by atoms with van der Waals surface area (Å²) >= 11 is 0. The highest BCUT2D eigenvalue weighted by atomic mass is 16.5. The molecule has 1 aliphatic rings. The Morgan fingerprint density at radius 3 is 2.59 bits per heavy atom. The Bertz CT molecular complexity index is 1510. The van der Waals surface area contributed by atoms with E-state index in [0.29, 0.717) is 51.1 Å². The predicted molar refractivity (Wildman–Crippen MR) is 157 cm³/mol. The first kappa shape index (κ1) is 27.8. The summed E-state index contributed by atoms with van der Waals surface area (Å²) in [6.07, 6.45) is 6.55. The molecule has 2 bridgehead atoms. The minimum atomic E-state index is -0.0722. The number of fused-ring (bicyclic) bond motifs is 3. The molecular formula is C33H34N4O4. The SMILES string of the molecule is COc1ccccc1CCC(=O)N1CCOc2ccc(-c3cncnc3)cc2Cc2cccc(c2)C(=O)N(C)CC1. The highest BCUT2D eigenvalue weighted by Gasteiger charge is 2.19. The lowest BCUT2D eigenvalue weighted by molar-refractivity contribution is -0.131. The number of ether oxygens (including phenoxy) is 2. The van der Waals surface area contributed by atoms with Gasteiger partial charge in [-0.15, -0.1) is 0 Å². The molecule has 2 amide bonds. The third-order valence-corrected chi connectivity index (χ3v) is 7.35. The van der Waals surface area contributed by atoms with Gasteiger partial charge in [-0.2, -0.15) is 0 Å². The Labute approximate surface area is 240 Å². The molecule has 8 heteroatoms. The van der Waals surface area contributed by atoms with E-state index in [9.17, 15) is 9.59 Å². The minimum absolute atomic E-state index is 0.00842. The van der Waals surface area contributed by atoms with E-state index in [4.69, 9.17) is 9.47 Å². The number of hydrogen-bond donors (Lipinski definition) is 0. The lowest BCUT2D eigenvalue weighted by atomic mass is 9.98. The van der Waals surface area contributed by atoms with Crippen LogP contribution in [0.5, 0.6) is 11.5 Å². The van der Waals surface area contributed by atoms with Crippen molar-refractivity contribution in [1.29, 1.82) is 0 Å². The number of benzene rings is 3. The molecule has 8 nitrogen and oxygen atoms in total. The smallest absolute Gasteiger partial charge is 0.253 e. The van der Waals surface area contributed by atoms with Crippen LogP contribution in [0.25, 0.3) is 11.1 Å². The van der Waals surface area contributed by atoms with Crippen molar-refractivity contribution in [2.75, 3.05) is 40.4 Å². The zero-order valence-electron chi connectivity index (χ0n) is 23.5. The zero-order valence-corrected chi connectivity index (χ0v) is 23.5. The van der Waals surface area contributed by atoms with Gasteiger partial charge in [0, 0.05) is 56.5 Å². The maximum Gasteiger partial charge on any atom is 0.253 e. The van der Waals surface area contributed by atoms with Crippen molar-refractivity contribution in [3.63, 3.8) is 0 Å². The minimum Gasteiger partial charge on any atom is -0.496 e. The lowest BCUT2D eigenvalue weighted by Crippen LogP contribution is -2.41. The standard InChI is InChI=1S/C33H34N4O4/c1-36-14-15-37(32(38)13-11-25-7-3-4-9-30(25)40-2)16-17-41-31-12-10-26(29-21-34-23-35-22-29)20-28(31)19-24-6-5-8-27(18-24)33(36)39/h3-10,12,18,20-23H,11,13-17,19H2,1-2H3. The quantitative estimate of drug-likeness (QED) is 0.359. The molecule has 0 saturated heterocycles. The molecule has 0 unspecified atom stereocenters. The van der Waals surface area contributed by atoms with Crippen LogP contribution < -0.4 is 9.47 Å².